The van der Waals surface area contributed by atoms with E-state index in [0.29, 0.717) is 0 Å². The monoisotopic (exact) mass is 602 g/mol. The number of nitrogens with one attached hydrogen (secondary N) is 2. The van der Waals surface area contributed by atoms with E-state index in [0.717, 1.165) is 33.9 Å². The third-order valence-corrected chi connectivity index (χ3v) is 5.87. The summed E-state index contributed by atoms with van der Waals surface area (Å²) >= 11 is 0. The second-order valence-corrected chi connectivity index (χ2v) is 8.44. The smallest absolute Gasteiger partial charge is 0.214 e. The van der Waals surface area contributed by atoms with Crippen molar-refractivity contribution in [1.29, 1.82) is 0 Å². The number of halogens is 2. The summed E-state index contributed by atoms with van der Waals surface area (Å²) in [4.78, 5) is 0. The lowest BCUT2D eigenvalue weighted by Gasteiger charge is -2.09. The van der Waals surface area contributed by atoms with Gasteiger partial charge in [-0.15, -0.1) is 0 Å². The molecule has 2 heterocycles. The number of hydrogen-bond donors (Lipinski definition) is 2. The minimum absolute atomic E-state index is 0. The summed E-state index contributed by atoms with van der Waals surface area (Å²) < 4.78 is 4.16. The zero-order valence-corrected chi connectivity index (χ0v) is 23.4. The Morgan fingerprint density at radius 3 is 1.69 bits per heavy atom. The number of para-hydroxylation sites is 1. The standard InChI is InChI=1S/C30H26N4.2BrH/c1-33-20-17-27(18-21-33)31-25-13-9-23(10-14-25)7-8-24-11-15-26(16-12-24)32-29-19-22-34(2)30-6-4-3-5-28(29)30;;/h3-22H,1-2H3;2*1H/b8-7+;;. The van der Waals surface area contributed by atoms with Gasteiger partial charge in [-0.25, -0.2) is 9.13 Å². The van der Waals surface area contributed by atoms with Gasteiger partial charge in [-0.3, -0.25) is 0 Å². The molecule has 182 valence electrons. The molecule has 4 nitrogen and oxygen atoms in total. The summed E-state index contributed by atoms with van der Waals surface area (Å²) in [6.45, 7) is 0. The van der Waals surface area contributed by atoms with Gasteiger partial charge in [-0.1, -0.05) is 48.6 Å². The van der Waals surface area contributed by atoms with Crippen molar-refractivity contribution >= 4 is 45.8 Å². The van der Waals surface area contributed by atoms with Gasteiger partial charge in [0, 0.05) is 35.6 Å². The Kier molecular flexibility index (Phi) is 9.39. The average Bonchev–Trinajstić information content (AvgIpc) is 2.88. The van der Waals surface area contributed by atoms with Crippen molar-refractivity contribution in [3.8, 4) is 0 Å². The first-order chi connectivity index (χ1) is 16.6. The van der Waals surface area contributed by atoms with Crippen LogP contribution in [0, 0.1) is 0 Å². The van der Waals surface area contributed by atoms with Crippen LogP contribution in [0.25, 0.3) is 23.1 Å². The molecule has 0 aliphatic rings. The second-order valence-electron chi connectivity index (χ2n) is 8.44. The summed E-state index contributed by atoms with van der Waals surface area (Å²) in [5.41, 5.74) is 7.85. The molecule has 0 unspecified atom stereocenters. The molecule has 0 aliphatic heterocycles. The summed E-state index contributed by atoms with van der Waals surface area (Å²) in [5.74, 6) is 0. The molecule has 0 bridgehead atoms. The van der Waals surface area contributed by atoms with Crippen LogP contribution in [0.3, 0.4) is 0 Å². The summed E-state index contributed by atoms with van der Waals surface area (Å²) in [6.07, 6.45) is 10.4. The topological polar surface area (TPSA) is 31.8 Å². The maximum Gasteiger partial charge on any atom is 0.214 e. The quantitative estimate of drug-likeness (QED) is 0.214. The van der Waals surface area contributed by atoms with Crippen LogP contribution in [0.2, 0.25) is 0 Å². The zero-order valence-electron chi connectivity index (χ0n) is 20.2. The van der Waals surface area contributed by atoms with Crippen molar-refractivity contribution < 1.29 is 43.1 Å². The SMILES string of the molecule is C[n+]1ccc(Nc2ccc(/C=C/c3ccc(Nc4cc[n+](C)c5ccccc45)cc3)cc2)cc1.[Br-].[Br-]. The Hall–Kier alpha value is -3.48. The lowest BCUT2D eigenvalue weighted by Crippen LogP contribution is -3.00. The molecule has 0 radical (unpaired) electrons. The summed E-state index contributed by atoms with van der Waals surface area (Å²) in [7, 11) is 4.08. The molecule has 0 aliphatic carbocycles. The van der Waals surface area contributed by atoms with Crippen LogP contribution in [0.4, 0.5) is 22.7 Å². The van der Waals surface area contributed by atoms with Gasteiger partial charge >= 0.3 is 0 Å². The van der Waals surface area contributed by atoms with E-state index in [4.69, 9.17) is 0 Å². The highest BCUT2D eigenvalue weighted by Gasteiger charge is 2.08. The van der Waals surface area contributed by atoms with Crippen LogP contribution >= 0.6 is 0 Å². The van der Waals surface area contributed by atoms with E-state index in [2.05, 4.69) is 132 Å². The van der Waals surface area contributed by atoms with Crippen LogP contribution in [-0.2, 0) is 14.1 Å². The maximum atomic E-state index is 3.56. The van der Waals surface area contributed by atoms with Crippen LogP contribution in [0.15, 0.2) is 110 Å². The van der Waals surface area contributed by atoms with Gasteiger partial charge in [-0.05, 0) is 41.5 Å². The minimum atomic E-state index is 0. The molecule has 5 rings (SSSR count). The fourth-order valence-electron chi connectivity index (χ4n) is 3.93. The van der Waals surface area contributed by atoms with E-state index in [1.54, 1.807) is 0 Å². The van der Waals surface area contributed by atoms with Gasteiger partial charge in [0.15, 0.2) is 18.6 Å². The third-order valence-electron chi connectivity index (χ3n) is 5.87. The number of anilines is 4. The highest BCUT2D eigenvalue weighted by Crippen LogP contribution is 2.25. The van der Waals surface area contributed by atoms with E-state index in [1.165, 1.54) is 10.9 Å². The van der Waals surface area contributed by atoms with Crippen LogP contribution in [0.1, 0.15) is 11.1 Å². The Bertz CT molecular complexity index is 1450. The third kappa shape index (κ3) is 6.59. The van der Waals surface area contributed by atoms with E-state index in [-0.39, 0.29) is 34.0 Å². The number of benzene rings is 3. The summed E-state index contributed by atoms with van der Waals surface area (Å²) in [5, 5.41) is 8.19. The molecule has 0 spiro atoms. The Labute approximate surface area is 233 Å². The fourth-order valence-corrected chi connectivity index (χ4v) is 3.93. The molecule has 0 atom stereocenters. The number of aromatic nitrogens is 2. The molecule has 2 aromatic heterocycles. The number of fused-ring (bicyclic) bond motifs is 1. The largest absolute Gasteiger partial charge is 1.00 e. The second kappa shape index (κ2) is 12.5. The molecule has 0 amide bonds. The first-order valence-electron chi connectivity index (χ1n) is 11.4. The van der Waals surface area contributed by atoms with Crippen LogP contribution < -0.4 is 53.7 Å². The lowest BCUT2D eigenvalue weighted by atomic mass is 10.1. The molecular weight excluding hydrogens is 576 g/mol. The highest BCUT2D eigenvalue weighted by atomic mass is 79.9. The minimum Gasteiger partial charge on any atom is -1.00 e. The molecule has 0 fully saturated rings. The van der Waals surface area contributed by atoms with Gasteiger partial charge in [0.1, 0.15) is 14.1 Å². The first kappa shape index (κ1) is 27.1. The molecule has 0 saturated carbocycles. The summed E-state index contributed by atoms with van der Waals surface area (Å²) in [6, 6.07) is 31.6. The maximum absolute atomic E-state index is 3.56. The lowest BCUT2D eigenvalue weighted by molar-refractivity contribution is -0.671. The number of nitrogens with zero attached hydrogens (tertiary/aromatic N) is 2. The van der Waals surface area contributed by atoms with Crippen LogP contribution in [0.5, 0.6) is 0 Å². The predicted octanol–water partition coefficient (Wildman–Crippen LogP) is 0.154. The Balaban J connectivity index is 0.00000180. The highest BCUT2D eigenvalue weighted by molar-refractivity contribution is 5.91. The molecule has 0 saturated heterocycles. The number of hydrogen-bond acceptors (Lipinski definition) is 2. The normalized spacial score (nSPS) is 10.5. The Morgan fingerprint density at radius 2 is 1.08 bits per heavy atom. The van der Waals surface area contributed by atoms with E-state index in [1.807, 2.05) is 24.0 Å². The Morgan fingerprint density at radius 1 is 0.556 bits per heavy atom. The van der Waals surface area contributed by atoms with E-state index < -0.39 is 0 Å². The van der Waals surface area contributed by atoms with Crippen molar-refractivity contribution in [2.45, 2.75) is 0 Å². The van der Waals surface area contributed by atoms with Gasteiger partial charge in [0.2, 0.25) is 5.52 Å². The predicted molar refractivity (Wildman–Crippen MR) is 141 cm³/mol. The molecule has 6 heteroatoms. The molecule has 3 aromatic carbocycles. The number of pyridine rings is 2. The van der Waals surface area contributed by atoms with Crippen molar-refractivity contribution in [3.63, 3.8) is 0 Å². The van der Waals surface area contributed by atoms with E-state index in [9.17, 15) is 0 Å². The van der Waals surface area contributed by atoms with Crippen molar-refractivity contribution in [2.24, 2.45) is 14.1 Å². The number of rotatable bonds is 6. The van der Waals surface area contributed by atoms with Gasteiger partial charge in [0.25, 0.3) is 0 Å². The van der Waals surface area contributed by atoms with E-state index >= 15 is 0 Å². The fraction of sp³-hybridized carbons (Fsp3) is 0.0667. The van der Waals surface area contributed by atoms with Gasteiger partial charge in [0.05, 0.1) is 16.8 Å². The molecule has 36 heavy (non-hydrogen) atoms. The van der Waals surface area contributed by atoms with Crippen LogP contribution in [-0.4, -0.2) is 0 Å². The van der Waals surface area contributed by atoms with Gasteiger partial charge < -0.3 is 44.6 Å². The molecule has 5 aromatic rings. The first-order valence-corrected chi connectivity index (χ1v) is 11.4. The number of aryl methyl sites for hydroxylation is 2. The molecule has 2 N–H and O–H groups in total. The average molecular weight is 604 g/mol. The van der Waals surface area contributed by atoms with Crippen molar-refractivity contribution in [2.75, 3.05) is 10.6 Å². The van der Waals surface area contributed by atoms with Crippen molar-refractivity contribution in [1.82, 2.24) is 0 Å². The zero-order chi connectivity index (χ0) is 23.3. The van der Waals surface area contributed by atoms with Gasteiger partial charge in [-0.2, -0.15) is 0 Å². The van der Waals surface area contributed by atoms with Crippen molar-refractivity contribution in [3.05, 3.63) is 121 Å². The molecular formula is C30H28Br2N4.